The van der Waals surface area contributed by atoms with Crippen molar-refractivity contribution in [1.29, 1.82) is 0 Å². The van der Waals surface area contributed by atoms with Gasteiger partial charge in [-0.2, -0.15) is 0 Å². The van der Waals surface area contributed by atoms with Gasteiger partial charge in [0.1, 0.15) is 0 Å². The van der Waals surface area contributed by atoms with Gasteiger partial charge < -0.3 is 14.5 Å². The molecule has 0 saturated carbocycles. The van der Waals surface area contributed by atoms with Crippen molar-refractivity contribution in [2.24, 2.45) is 0 Å². The minimum Gasteiger partial charge on any atom is -0.461 e. The predicted molar refractivity (Wildman–Crippen MR) is 110 cm³/mol. The molecule has 0 unspecified atom stereocenters. The summed E-state index contributed by atoms with van der Waals surface area (Å²) in [4.78, 5) is 20.3. The fourth-order valence-electron chi connectivity index (χ4n) is 3.70. The molecular formula is C23H22N2O3. The summed E-state index contributed by atoms with van der Waals surface area (Å²) in [6, 6.07) is 16.6. The number of esters is 1. The van der Waals surface area contributed by atoms with Crippen LogP contribution in [0.5, 0.6) is 0 Å². The quantitative estimate of drug-likeness (QED) is 0.500. The van der Waals surface area contributed by atoms with E-state index in [0.717, 1.165) is 33.8 Å². The Morgan fingerprint density at radius 2 is 1.86 bits per heavy atom. The lowest BCUT2D eigenvalue weighted by Crippen LogP contribution is -2.11. The molecule has 28 heavy (non-hydrogen) atoms. The number of fused-ring (bicyclic) bond motifs is 3. The number of ether oxygens (including phenoxy) is 2. The first-order chi connectivity index (χ1) is 13.7. The number of hydrogen-bond acceptors (Lipinski definition) is 4. The second kappa shape index (κ2) is 7.82. The SMILES string of the molecule is CCOC(=O)c1ncc2[nH]c3cccc(Cc4ccccc4)c3c2c1COC. The lowest BCUT2D eigenvalue weighted by molar-refractivity contribution is 0.0514. The number of pyridine rings is 1. The van der Waals surface area contributed by atoms with E-state index < -0.39 is 5.97 Å². The average Bonchev–Trinajstić information content (AvgIpc) is 3.09. The first-order valence-electron chi connectivity index (χ1n) is 9.34. The van der Waals surface area contributed by atoms with Gasteiger partial charge in [-0.1, -0.05) is 42.5 Å². The minimum absolute atomic E-state index is 0.283. The maximum Gasteiger partial charge on any atom is 0.357 e. The second-order valence-corrected chi connectivity index (χ2v) is 6.65. The van der Waals surface area contributed by atoms with Crippen molar-refractivity contribution in [3.63, 3.8) is 0 Å². The van der Waals surface area contributed by atoms with E-state index in [1.807, 2.05) is 30.3 Å². The summed E-state index contributed by atoms with van der Waals surface area (Å²) in [5.74, 6) is -0.425. The van der Waals surface area contributed by atoms with Crippen molar-refractivity contribution >= 4 is 27.8 Å². The zero-order valence-electron chi connectivity index (χ0n) is 16.0. The molecule has 0 aliphatic carbocycles. The van der Waals surface area contributed by atoms with Gasteiger partial charge in [0.15, 0.2) is 5.69 Å². The van der Waals surface area contributed by atoms with Crippen LogP contribution in [0.25, 0.3) is 21.8 Å². The van der Waals surface area contributed by atoms with Crippen LogP contribution in [0.3, 0.4) is 0 Å². The molecule has 0 aliphatic rings. The largest absolute Gasteiger partial charge is 0.461 e. The Bertz CT molecular complexity index is 1130. The number of H-pyrrole nitrogens is 1. The van der Waals surface area contributed by atoms with Crippen LogP contribution < -0.4 is 0 Å². The zero-order valence-corrected chi connectivity index (χ0v) is 16.0. The molecule has 4 rings (SSSR count). The van der Waals surface area contributed by atoms with E-state index in [9.17, 15) is 4.79 Å². The summed E-state index contributed by atoms with van der Waals surface area (Å²) >= 11 is 0. The fourth-order valence-corrected chi connectivity index (χ4v) is 3.70. The maximum atomic E-state index is 12.5. The molecular weight excluding hydrogens is 352 g/mol. The third kappa shape index (κ3) is 3.25. The Balaban J connectivity index is 1.97. The van der Waals surface area contributed by atoms with E-state index in [1.54, 1.807) is 20.2 Å². The Hall–Kier alpha value is -3.18. The molecule has 2 heterocycles. The van der Waals surface area contributed by atoms with Crippen LogP contribution >= 0.6 is 0 Å². The van der Waals surface area contributed by atoms with E-state index in [0.29, 0.717) is 12.3 Å². The summed E-state index contributed by atoms with van der Waals surface area (Å²) < 4.78 is 10.6. The number of aromatic amines is 1. The molecule has 5 heteroatoms. The van der Waals surface area contributed by atoms with Crippen molar-refractivity contribution in [1.82, 2.24) is 9.97 Å². The highest BCUT2D eigenvalue weighted by atomic mass is 16.5. The van der Waals surface area contributed by atoms with E-state index in [1.165, 1.54) is 11.1 Å². The number of rotatable bonds is 6. The minimum atomic E-state index is -0.425. The van der Waals surface area contributed by atoms with Gasteiger partial charge in [0.2, 0.25) is 0 Å². The normalized spacial score (nSPS) is 11.2. The molecule has 0 radical (unpaired) electrons. The van der Waals surface area contributed by atoms with Crippen LogP contribution in [0.15, 0.2) is 54.7 Å². The topological polar surface area (TPSA) is 64.2 Å². The molecule has 0 saturated heterocycles. The van der Waals surface area contributed by atoms with Gasteiger partial charge >= 0.3 is 5.97 Å². The van der Waals surface area contributed by atoms with Gasteiger partial charge in [-0.05, 0) is 30.5 Å². The van der Waals surface area contributed by atoms with E-state index in [-0.39, 0.29) is 6.61 Å². The highest BCUT2D eigenvalue weighted by Gasteiger charge is 2.21. The van der Waals surface area contributed by atoms with E-state index in [2.05, 4.69) is 28.2 Å². The maximum absolute atomic E-state index is 12.5. The summed E-state index contributed by atoms with van der Waals surface area (Å²) in [7, 11) is 1.62. The van der Waals surface area contributed by atoms with Crippen molar-refractivity contribution < 1.29 is 14.3 Å². The number of nitrogens with one attached hydrogen (secondary N) is 1. The number of methoxy groups -OCH3 is 1. The van der Waals surface area contributed by atoms with Crippen molar-refractivity contribution in [2.75, 3.05) is 13.7 Å². The van der Waals surface area contributed by atoms with Crippen molar-refractivity contribution in [3.8, 4) is 0 Å². The molecule has 2 aromatic heterocycles. The van der Waals surface area contributed by atoms with Crippen LogP contribution in [0, 0.1) is 0 Å². The number of aromatic nitrogens is 2. The van der Waals surface area contributed by atoms with Gasteiger partial charge in [0, 0.05) is 29.0 Å². The van der Waals surface area contributed by atoms with Gasteiger partial charge in [-0.3, -0.25) is 0 Å². The van der Waals surface area contributed by atoms with Crippen LogP contribution in [0.2, 0.25) is 0 Å². The van der Waals surface area contributed by atoms with Gasteiger partial charge in [0.05, 0.1) is 24.9 Å². The molecule has 0 spiro atoms. The smallest absolute Gasteiger partial charge is 0.357 e. The molecule has 0 amide bonds. The Kier molecular flexibility index (Phi) is 5.08. The summed E-state index contributed by atoms with van der Waals surface area (Å²) in [5.41, 5.74) is 5.39. The lowest BCUT2D eigenvalue weighted by atomic mass is 9.97. The Morgan fingerprint density at radius 3 is 2.61 bits per heavy atom. The third-order valence-corrected chi connectivity index (χ3v) is 4.84. The second-order valence-electron chi connectivity index (χ2n) is 6.65. The molecule has 142 valence electrons. The van der Waals surface area contributed by atoms with E-state index >= 15 is 0 Å². The number of nitrogens with zero attached hydrogens (tertiary/aromatic N) is 1. The predicted octanol–water partition coefficient (Wildman–Crippen LogP) is 4.63. The summed E-state index contributed by atoms with van der Waals surface area (Å²) in [5, 5.41) is 2.07. The Morgan fingerprint density at radius 1 is 1.04 bits per heavy atom. The number of carbonyl (C=O) groups excluding carboxylic acids is 1. The third-order valence-electron chi connectivity index (χ3n) is 4.84. The van der Waals surface area contributed by atoms with Crippen molar-refractivity contribution in [3.05, 3.63) is 77.1 Å². The van der Waals surface area contributed by atoms with Gasteiger partial charge in [-0.15, -0.1) is 0 Å². The molecule has 2 aromatic carbocycles. The number of carbonyl (C=O) groups is 1. The molecule has 0 fully saturated rings. The van der Waals surface area contributed by atoms with Gasteiger partial charge in [0.25, 0.3) is 0 Å². The highest BCUT2D eigenvalue weighted by Crippen LogP contribution is 2.33. The van der Waals surface area contributed by atoms with Crippen LogP contribution in [0.1, 0.15) is 34.1 Å². The zero-order chi connectivity index (χ0) is 19.5. The molecule has 1 N–H and O–H groups in total. The van der Waals surface area contributed by atoms with Crippen LogP contribution in [-0.2, 0) is 22.5 Å². The number of hydrogen-bond donors (Lipinski definition) is 1. The summed E-state index contributed by atoms with van der Waals surface area (Å²) in [6.07, 6.45) is 2.50. The summed E-state index contributed by atoms with van der Waals surface area (Å²) in [6.45, 7) is 2.37. The molecule has 0 atom stereocenters. The molecule has 5 nitrogen and oxygen atoms in total. The molecule has 0 bridgehead atoms. The van der Waals surface area contributed by atoms with Gasteiger partial charge in [-0.25, -0.2) is 9.78 Å². The van der Waals surface area contributed by atoms with Crippen molar-refractivity contribution in [2.45, 2.75) is 20.0 Å². The molecule has 4 aromatic rings. The number of benzene rings is 2. The first kappa shape index (κ1) is 18.2. The fraction of sp³-hybridized carbons (Fsp3) is 0.217. The molecule has 0 aliphatic heterocycles. The standard InChI is InChI=1S/C23H22N2O3/c1-3-28-23(26)22-17(14-27-2)21-19(13-24-22)25-18-11-7-10-16(20(18)21)12-15-8-5-4-6-9-15/h4-11,13,25H,3,12,14H2,1-2H3. The van der Waals surface area contributed by atoms with Crippen LogP contribution in [-0.4, -0.2) is 29.7 Å². The average molecular weight is 374 g/mol. The lowest BCUT2D eigenvalue weighted by Gasteiger charge is -2.11. The first-order valence-corrected chi connectivity index (χ1v) is 9.34. The Labute approximate surface area is 163 Å². The van der Waals surface area contributed by atoms with E-state index in [4.69, 9.17) is 9.47 Å². The monoisotopic (exact) mass is 374 g/mol. The highest BCUT2D eigenvalue weighted by molar-refractivity contribution is 6.12. The van der Waals surface area contributed by atoms with Crippen LogP contribution in [0.4, 0.5) is 0 Å².